The summed E-state index contributed by atoms with van der Waals surface area (Å²) in [6, 6.07) is 0. The maximum atomic E-state index is 9.15. The quantitative estimate of drug-likeness (QED) is 0.432. The average molecular weight is 176 g/mol. The molecule has 0 saturated carbocycles. The Morgan fingerprint density at radius 1 is 1.25 bits per heavy atom. The lowest BCUT2D eigenvalue weighted by molar-refractivity contribution is -0.111. The predicted molar refractivity (Wildman–Crippen MR) is 47.8 cm³/mol. The van der Waals surface area contributed by atoms with E-state index in [2.05, 4.69) is 6.92 Å². The first-order valence-corrected chi connectivity index (χ1v) is 4.71. The molecule has 3 heteroatoms. The van der Waals surface area contributed by atoms with E-state index in [-0.39, 0.29) is 13.2 Å². The Kier molecular flexibility index (Phi) is 8.88. The van der Waals surface area contributed by atoms with Crippen LogP contribution in [-0.4, -0.2) is 29.7 Å². The number of aliphatic hydroxyl groups is 2. The molecule has 0 bridgehead atoms. The first kappa shape index (κ1) is 11.9. The minimum absolute atomic E-state index is 0.0218. The Bertz CT molecular complexity index is 85.8. The summed E-state index contributed by atoms with van der Waals surface area (Å²) in [6.07, 6.45) is 4.56. The van der Waals surface area contributed by atoms with Crippen LogP contribution >= 0.6 is 0 Å². The average Bonchev–Trinajstić information content (AvgIpc) is 2.09. The molecule has 0 aromatic heterocycles. The fourth-order valence-electron chi connectivity index (χ4n) is 1.02. The molecule has 0 aromatic rings. The van der Waals surface area contributed by atoms with Crippen molar-refractivity contribution in [2.24, 2.45) is 0 Å². The summed E-state index contributed by atoms with van der Waals surface area (Å²) in [5, 5.41) is 17.5. The SMILES string of the molecule is CCCCCCC(O)OCCO. The Morgan fingerprint density at radius 2 is 2.00 bits per heavy atom. The summed E-state index contributed by atoms with van der Waals surface area (Å²) in [5.41, 5.74) is 0. The summed E-state index contributed by atoms with van der Waals surface area (Å²) in [5.74, 6) is 0. The van der Waals surface area contributed by atoms with Crippen LogP contribution < -0.4 is 0 Å². The molecule has 12 heavy (non-hydrogen) atoms. The first-order chi connectivity index (χ1) is 5.81. The lowest BCUT2D eigenvalue weighted by atomic mass is 10.1. The molecule has 0 saturated heterocycles. The van der Waals surface area contributed by atoms with Crippen molar-refractivity contribution < 1.29 is 14.9 Å². The van der Waals surface area contributed by atoms with Gasteiger partial charge in [-0.25, -0.2) is 0 Å². The standard InChI is InChI=1S/C9H20O3/c1-2-3-4-5-6-9(11)12-8-7-10/h9-11H,2-8H2,1H3. The molecule has 0 aliphatic rings. The summed E-state index contributed by atoms with van der Waals surface area (Å²) < 4.78 is 4.88. The molecule has 0 aliphatic carbocycles. The van der Waals surface area contributed by atoms with Gasteiger partial charge in [0, 0.05) is 0 Å². The van der Waals surface area contributed by atoms with Gasteiger partial charge in [-0.1, -0.05) is 26.2 Å². The van der Waals surface area contributed by atoms with Gasteiger partial charge in [0.2, 0.25) is 0 Å². The van der Waals surface area contributed by atoms with Crippen molar-refractivity contribution in [3.8, 4) is 0 Å². The third-order valence-corrected chi connectivity index (χ3v) is 1.71. The zero-order chi connectivity index (χ0) is 9.23. The number of ether oxygens (including phenoxy) is 1. The highest BCUT2D eigenvalue weighted by Gasteiger charge is 2.01. The van der Waals surface area contributed by atoms with Crippen molar-refractivity contribution in [1.82, 2.24) is 0 Å². The maximum absolute atomic E-state index is 9.15. The summed E-state index contributed by atoms with van der Waals surface area (Å²) in [6.45, 7) is 2.36. The molecule has 0 amide bonds. The zero-order valence-electron chi connectivity index (χ0n) is 7.83. The number of aliphatic hydroxyl groups excluding tert-OH is 2. The van der Waals surface area contributed by atoms with Gasteiger partial charge < -0.3 is 14.9 Å². The topological polar surface area (TPSA) is 49.7 Å². The normalized spacial score (nSPS) is 13.2. The van der Waals surface area contributed by atoms with Crippen molar-refractivity contribution in [1.29, 1.82) is 0 Å². The van der Waals surface area contributed by atoms with Gasteiger partial charge in [-0.05, 0) is 12.8 Å². The number of unbranched alkanes of at least 4 members (excludes halogenated alkanes) is 3. The lowest BCUT2D eigenvalue weighted by Gasteiger charge is -2.09. The van der Waals surface area contributed by atoms with Crippen molar-refractivity contribution in [3.05, 3.63) is 0 Å². The highest BCUT2D eigenvalue weighted by atomic mass is 16.6. The van der Waals surface area contributed by atoms with Crippen LogP contribution in [0.15, 0.2) is 0 Å². The Morgan fingerprint density at radius 3 is 2.58 bits per heavy atom. The Labute approximate surface area is 74.4 Å². The van der Waals surface area contributed by atoms with Gasteiger partial charge in [0.05, 0.1) is 13.2 Å². The van der Waals surface area contributed by atoms with E-state index < -0.39 is 6.29 Å². The predicted octanol–water partition coefficient (Wildman–Crippen LogP) is 1.28. The van der Waals surface area contributed by atoms with Crippen LogP contribution in [0.4, 0.5) is 0 Å². The highest BCUT2D eigenvalue weighted by molar-refractivity contribution is 4.45. The largest absolute Gasteiger partial charge is 0.394 e. The molecule has 0 rings (SSSR count). The molecule has 74 valence electrons. The van der Waals surface area contributed by atoms with Crippen LogP contribution in [0.25, 0.3) is 0 Å². The maximum Gasteiger partial charge on any atom is 0.154 e. The Balaban J connectivity index is 3.02. The van der Waals surface area contributed by atoms with Gasteiger partial charge in [-0.3, -0.25) is 0 Å². The highest BCUT2D eigenvalue weighted by Crippen LogP contribution is 2.05. The van der Waals surface area contributed by atoms with E-state index in [1.54, 1.807) is 0 Å². The molecule has 0 aliphatic heterocycles. The van der Waals surface area contributed by atoms with Gasteiger partial charge >= 0.3 is 0 Å². The van der Waals surface area contributed by atoms with E-state index in [1.165, 1.54) is 12.8 Å². The van der Waals surface area contributed by atoms with Gasteiger partial charge in [0.1, 0.15) is 0 Å². The second-order valence-electron chi connectivity index (χ2n) is 2.90. The van der Waals surface area contributed by atoms with E-state index in [0.717, 1.165) is 12.8 Å². The molecular formula is C9H20O3. The molecule has 0 heterocycles. The van der Waals surface area contributed by atoms with Crippen LogP contribution in [0.1, 0.15) is 39.0 Å². The van der Waals surface area contributed by atoms with Crippen LogP contribution in [0, 0.1) is 0 Å². The molecule has 0 aromatic carbocycles. The monoisotopic (exact) mass is 176 g/mol. The van der Waals surface area contributed by atoms with Crippen LogP contribution in [0.3, 0.4) is 0 Å². The summed E-state index contributed by atoms with van der Waals surface area (Å²) >= 11 is 0. The number of hydrogen-bond donors (Lipinski definition) is 2. The minimum atomic E-state index is -0.686. The number of hydrogen-bond acceptors (Lipinski definition) is 3. The van der Waals surface area contributed by atoms with E-state index in [0.29, 0.717) is 6.42 Å². The third kappa shape index (κ3) is 7.98. The molecule has 0 spiro atoms. The molecule has 0 radical (unpaired) electrons. The number of rotatable bonds is 8. The molecule has 1 atom stereocenters. The van der Waals surface area contributed by atoms with Gasteiger partial charge in [0.25, 0.3) is 0 Å². The van der Waals surface area contributed by atoms with Crippen molar-refractivity contribution in [3.63, 3.8) is 0 Å². The second kappa shape index (κ2) is 8.97. The van der Waals surface area contributed by atoms with Crippen molar-refractivity contribution >= 4 is 0 Å². The molecule has 1 unspecified atom stereocenters. The van der Waals surface area contributed by atoms with E-state index in [9.17, 15) is 0 Å². The van der Waals surface area contributed by atoms with Gasteiger partial charge in [0.15, 0.2) is 6.29 Å². The summed E-state index contributed by atoms with van der Waals surface area (Å²) in [4.78, 5) is 0. The fraction of sp³-hybridized carbons (Fsp3) is 1.00. The van der Waals surface area contributed by atoms with Crippen LogP contribution in [-0.2, 0) is 4.74 Å². The smallest absolute Gasteiger partial charge is 0.154 e. The van der Waals surface area contributed by atoms with E-state index in [1.807, 2.05) is 0 Å². The van der Waals surface area contributed by atoms with E-state index >= 15 is 0 Å². The molecule has 0 fully saturated rings. The lowest BCUT2D eigenvalue weighted by Crippen LogP contribution is -2.14. The van der Waals surface area contributed by atoms with Crippen LogP contribution in [0.2, 0.25) is 0 Å². The van der Waals surface area contributed by atoms with Crippen molar-refractivity contribution in [2.75, 3.05) is 13.2 Å². The van der Waals surface area contributed by atoms with Crippen molar-refractivity contribution in [2.45, 2.75) is 45.3 Å². The van der Waals surface area contributed by atoms with Gasteiger partial charge in [-0.15, -0.1) is 0 Å². The summed E-state index contributed by atoms with van der Waals surface area (Å²) in [7, 11) is 0. The van der Waals surface area contributed by atoms with E-state index in [4.69, 9.17) is 14.9 Å². The first-order valence-electron chi connectivity index (χ1n) is 4.71. The second-order valence-corrected chi connectivity index (χ2v) is 2.90. The molecular weight excluding hydrogens is 156 g/mol. The van der Waals surface area contributed by atoms with Crippen LogP contribution in [0.5, 0.6) is 0 Å². The minimum Gasteiger partial charge on any atom is -0.394 e. The molecule has 2 N–H and O–H groups in total. The fourth-order valence-corrected chi connectivity index (χ4v) is 1.02. The van der Waals surface area contributed by atoms with Gasteiger partial charge in [-0.2, -0.15) is 0 Å². The third-order valence-electron chi connectivity index (χ3n) is 1.71. The Hall–Kier alpha value is -0.120. The molecule has 3 nitrogen and oxygen atoms in total. The zero-order valence-corrected chi connectivity index (χ0v) is 7.83.